The number of hydrogen-bond acceptors (Lipinski definition) is 4. The van der Waals surface area contributed by atoms with E-state index >= 15 is 0 Å². The minimum Gasteiger partial charge on any atom is -0.433 e. The van der Waals surface area contributed by atoms with Gasteiger partial charge in [0.05, 0.1) is 5.69 Å². The fourth-order valence-corrected chi connectivity index (χ4v) is 4.44. The highest BCUT2D eigenvalue weighted by Crippen LogP contribution is 2.32. The molecule has 168 valence electrons. The maximum atomic E-state index is 12.7. The quantitative estimate of drug-likeness (QED) is 0.320. The van der Waals surface area contributed by atoms with E-state index in [0.29, 0.717) is 11.6 Å². The first-order valence-corrected chi connectivity index (χ1v) is 10.6. The van der Waals surface area contributed by atoms with Gasteiger partial charge in [-0.05, 0) is 50.3 Å². The molecule has 0 bridgehead atoms. The van der Waals surface area contributed by atoms with Gasteiger partial charge in [0.15, 0.2) is 5.96 Å². The Kier molecular flexibility index (Phi) is 8.38. The molecule has 0 amide bonds. The number of alkyl halides is 2. The maximum absolute atomic E-state index is 12.7. The highest BCUT2D eigenvalue weighted by molar-refractivity contribution is 14.0. The van der Waals surface area contributed by atoms with Crippen LogP contribution in [0.2, 0.25) is 0 Å². The van der Waals surface area contributed by atoms with Crippen molar-refractivity contribution in [1.29, 1.82) is 0 Å². The second kappa shape index (κ2) is 10.8. The van der Waals surface area contributed by atoms with Crippen LogP contribution < -0.4 is 20.3 Å². The molecule has 1 aromatic carbocycles. The van der Waals surface area contributed by atoms with Gasteiger partial charge in [-0.15, -0.1) is 24.0 Å². The Hall–Kier alpha value is -1.36. The second-order valence-electron chi connectivity index (χ2n) is 8.26. The van der Waals surface area contributed by atoms with E-state index in [4.69, 9.17) is 0 Å². The van der Waals surface area contributed by atoms with E-state index in [9.17, 15) is 8.78 Å². The summed E-state index contributed by atoms with van der Waals surface area (Å²) in [6.45, 7) is 2.04. The number of hydrogen-bond donors (Lipinski definition) is 2. The largest absolute Gasteiger partial charge is 0.433 e. The second-order valence-corrected chi connectivity index (χ2v) is 8.26. The van der Waals surface area contributed by atoms with Gasteiger partial charge in [-0.3, -0.25) is 4.99 Å². The van der Waals surface area contributed by atoms with Crippen LogP contribution in [0.15, 0.2) is 29.3 Å². The van der Waals surface area contributed by atoms with Crippen LogP contribution in [0.5, 0.6) is 5.75 Å². The number of nitrogens with one attached hydrogen (secondary N) is 2. The molecule has 2 N–H and O–H groups in total. The van der Waals surface area contributed by atoms with E-state index in [-0.39, 0.29) is 35.8 Å². The summed E-state index contributed by atoms with van der Waals surface area (Å²) in [5.74, 6) is 1.72. The Labute approximate surface area is 194 Å². The van der Waals surface area contributed by atoms with Crippen molar-refractivity contribution in [2.75, 3.05) is 44.7 Å². The van der Waals surface area contributed by atoms with Crippen LogP contribution in [0.1, 0.15) is 25.7 Å². The first-order valence-electron chi connectivity index (χ1n) is 10.6. The summed E-state index contributed by atoms with van der Waals surface area (Å²) in [4.78, 5) is 9.08. The van der Waals surface area contributed by atoms with E-state index in [1.807, 2.05) is 12.1 Å². The summed E-state index contributed by atoms with van der Waals surface area (Å²) in [6.07, 6.45) is 4.90. The number of aliphatic imine (C=N–C) groups is 1. The standard InChI is InChI=1S/C21H31F2N5O.HI/c1-24-21(25-12-15-8-10-27(13-15)17-6-7-17)26-16-9-11-28(14-16)18-4-2-3-5-19(18)29-20(22)23;/h2-5,15-17,20H,6-14H2,1H3,(H2,24,25,26);1H. The molecule has 1 aliphatic carbocycles. The van der Waals surface area contributed by atoms with Crippen molar-refractivity contribution in [2.45, 2.75) is 44.4 Å². The van der Waals surface area contributed by atoms with Crippen LogP contribution >= 0.6 is 24.0 Å². The first-order chi connectivity index (χ1) is 14.1. The van der Waals surface area contributed by atoms with Crippen LogP contribution in [0.25, 0.3) is 0 Å². The molecule has 2 atom stereocenters. The third-order valence-electron chi connectivity index (χ3n) is 6.11. The van der Waals surface area contributed by atoms with Gasteiger partial charge in [0.25, 0.3) is 0 Å². The SMILES string of the molecule is CN=C(NCC1CCN(C2CC2)C1)NC1CCN(c2ccccc2OC(F)F)C1.I. The van der Waals surface area contributed by atoms with Crippen molar-refractivity contribution in [3.8, 4) is 5.75 Å². The van der Waals surface area contributed by atoms with Crippen LogP contribution in [0.3, 0.4) is 0 Å². The molecule has 0 radical (unpaired) electrons. The summed E-state index contributed by atoms with van der Waals surface area (Å²) in [5.41, 5.74) is 0.714. The Morgan fingerprint density at radius 2 is 1.97 bits per heavy atom. The number of anilines is 1. The summed E-state index contributed by atoms with van der Waals surface area (Å²) in [5, 5.41) is 6.97. The van der Waals surface area contributed by atoms with Crippen molar-refractivity contribution in [3.63, 3.8) is 0 Å². The average molecular weight is 535 g/mol. The molecule has 9 heteroatoms. The van der Waals surface area contributed by atoms with Crippen LogP contribution in [0, 0.1) is 5.92 Å². The topological polar surface area (TPSA) is 52.1 Å². The molecule has 1 saturated carbocycles. The maximum Gasteiger partial charge on any atom is 0.387 e. The molecular formula is C21H32F2IN5O. The molecule has 2 heterocycles. The number of benzene rings is 1. The normalized spacial score (nSPS) is 24.8. The monoisotopic (exact) mass is 535 g/mol. The van der Waals surface area contributed by atoms with Crippen LogP contribution in [-0.4, -0.2) is 69.3 Å². The third kappa shape index (κ3) is 6.09. The van der Waals surface area contributed by atoms with E-state index in [0.717, 1.165) is 38.1 Å². The smallest absolute Gasteiger partial charge is 0.387 e. The van der Waals surface area contributed by atoms with Gasteiger partial charge >= 0.3 is 6.61 Å². The van der Waals surface area contributed by atoms with Gasteiger partial charge in [0.2, 0.25) is 0 Å². The van der Waals surface area contributed by atoms with Crippen molar-refractivity contribution < 1.29 is 13.5 Å². The molecule has 2 unspecified atom stereocenters. The lowest BCUT2D eigenvalue weighted by Crippen LogP contribution is -2.46. The number of halogens is 3. The minimum absolute atomic E-state index is 0. The number of nitrogens with zero attached hydrogens (tertiary/aromatic N) is 3. The number of likely N-dealkylation sites (tertiary alicyclic amines) is 1. The fraction of sp³-hybridized carbons (Fsp3) is 0.667. The van der Waals surface area contributed by atoms with Crippen LogP contribution in [-0.2, 0) is 0 Å². The predicted molar refractivity (Wildman–Crippen MR) is 126 cm³/mol. The summed E-state index contributed by atoms with van der Waals surface area (Å²) in [6, 6.07) is 8.05. The van der Waals surface area contributed by atoms with Crippen molar-refractivity contribution >= 4 is 35.6 Å². The fourth-order valence-electron chi connectivity index (χ4n) is 4.44. The molecule has 1 aromatic rings. The van der Waals surface area contributed by atoms with E-state index < -0.39 is 6.61 Å². The van der Waals surface area contributed by atoms with Crippen molar-refractivity contribution in [2.24, 2.45) is 10.9 Å². The summed E-state index contributed by atoms with van der Waals surface area (Å²) >= 11 is 0. The number of ether oxygens (including phenoxy) is 1. The minimum atomic E-state index is -2.82. The Morgan fingerprint density at radius 1 is 1.17 bits per heavy atom. The Morgan fingerprint density at radius 3 is 2.70 bits per heavy atom. The molecule has 2 saturated heterocycles. The molecule has 2 aliphatic heterocycles. The lowest BCUT2D eigenvalue weighted by molar-refractivity contribution is -0.0495. The van der Waals surface area contributed by atoms with Crippen LogP contribution in [0.4, 0.5) is 14.5 Å². The van der Waals surface area contributed by atoms with Gasteiger partial charge in [0.1, 0.15) is 5.75 Å². The van der Waals surface area contributed by atoms with Gasteiger partial charge in [-0.2, -0.15) is 8.78 Å². The molecular weight excluding hydrogens is 503 g/mol. The lowest BCUT2D eigenvalue weighted by Gasteiger charge is -2.23. The van der Waals surface area contributed by atoms with Gasteiger partial charge in [-0.1, -0.05) is 12.1 Å². The zero-order chi connectivity index (χ0) is 20.2. The van der Waals surface area contributed by atoms with Gasteiger partial charge in [0, 0.05) is 45.3 Å². The lowest BCUT2D eigenvalue weighted by atomic mass is 10.1. The van der Waals surface area contributed by atoms with Crippen molar-refractivity contribution in [3.05, 3.63) is 24.3 Å². The average Bonchev–Trinajstić information content (AvgIpc) is 3.27. The summed E-state index contributed by atoms with van der Waals surface area (Å²) < 4.78 is 30.1. The van der Waals surface area contributed by atoms with Gasteiger partial charge in [-0.25, -0.2) is 0 Å². The zero-order valence-corrected chi connectivity index (χ0v) is 19.7. The number of para-hydroxylation sites is 2. The molecule has 3 fully saturated rings. The van der Waals surface area contributed by atoms with Crippen molar-refractivity contribution in [1.82, 2.24) is 15.5 Å². The molecule has 0 spiro atoms. The predicted octanol–water partition coefficient (Wildman–Crippen LogP) is 3.13. The number of rotatable bonds is 7. The first kappa shape index (κ1) is 23.3. The third-order valence-corrected chi connectivity index (χ3v) is 6.11. The van der Waals surface area contributed by atoms with E-state index in [1.54, 1.807) is 19.2 Å². The Bertz CT molecular complexity index is 718. The summed E-state index contributed by atoms with van der Waals surface area (Å²) in [7, 11) is 1.79. The zero-order valence-electron chi connectivity index (χ0n) is 17.4. The highest BCUT2D eigenvalue weighted by Gasteiger charge is 2.34. The molecule has 30 heavy (non-hydrogen) atoms. The molecule has 6 nitrogen and oxygen atoms in total. The van der Waals surface area contributed by atoms with Gasteiger partial charge < -0.3 is 25.2 Å². The van der Waals surface area contributed by atoms with E-state index in [2.05, 4.69) is 30.2 Å². The Balaban J connectivity index is 0.00000256. The molecule has 3 aliphatic rings. The molecule has 4 rings (SSSR count). The van der Waals surface area contributed by atoms with E-state index in [1.165, 1.54) is 32.4 Å². The highest BCUT2D eigenvalue weighted by atomic mass is 127. The number of guanidine groups is 1. The molecule has 0 aromatic heterocycles.